The fourth-order valence-electron chi connectivity index (χ4n) is 2.47. The molecule has 0 aromatic heterocycles. The van der Waals surface area contributed by atoms with Crippen LogP contribution in [0, 0.1) is 0 Å². The van der Waals surface area contributed by atoms with Crippen LogP contribution in [0.3, 0.4) is 0 Å². The van der Waals surface area contributed by atoms with Crippen molar-refractivity contribution in [3.05, 3.63) is 0 Å². The van der Waals surface area contributed by atoms with E-state index < -0.39 is 0 Å². The van der Waals surface area contributed by atoms with Gasteiger partial charge in [-0.15, -0.1) is 0 Å². The average molecular weight is 241 g/mol. The highest BCUT2D eigenvalue weighted by atomic mass is 16.5. The number of ether oxygens (including phenoxy) is 1. The molecule has 0 aliphatic heterocycles. The van der Waals surface area contributed by atoms with Gasteiger partial charge in [0, 0.05) is 6.04 Å². The SMILES string of the molecule is CCCCC(NC1CCCCC1)C(=O)OCC. The maximum absolute atomic E-state index is 11.8. The molecule has 3 nitrogen and oxygen atoms in total. The summed E-state index contributed by atoms with van der Waals surface area (Å²) in [6.07, 6.45) is 9.47. The number of rotatable bonds is 7. The Labute approximate surface area is 105 Å². The van der Waals surface area contributed by atoms with Crippen LogP contribution >= 0.6 is 0 Å². The molecule has 1 atom stereocenters. The van der Waals surface area contributed by atoms with E-state index in [1.165, 1.54) is 32.1 Å². The van der Waals surface area contributed by atoms with Crippen LogP contribution < -0.4 is 5.32 Å². The molecule has 0 amide bonds. The molecule has 0 radical (unpaired) electrons. The van der Waals surface area contributed by atoms with Crippen molar-refractivity contribution in [2.24, 2.45) is 0 Å². The van der Waals surface area contributed by atoms with Crippen molar-refractivity contribution in [2.75, 3.05) is 6.61 Å². The van der Waals surface area contributed by atoms with E-state index in [-0.39, 0.29) is 12.0 Å². The number of esters is 1. The lowest BCUT2D eigenvalue weighted by Crippen LogP contribution is -2.45. The maximum Gasteiger partial charge on any atom is 0.323 e. The second kappa shape index (κ2) is 8.51. The molecule has 1 unspecified atom stereocenters. The quantitative estimate of drug-likeness (QED) is 0.696. The van der Waals surface area contributed by atoms with E-state index in [4.69, 9.17) is 4.74 Å². The molecule has 0 aromatic rings. The van der Waals surface area contributed by atoms with Gasteiger partial charge in [0.1, 0.15) is 6.04 Å². The molecule has 0 bridgehead atoms. The second-order valence-electron chi connectivity index (χ2n) is 4.95. The van der Waals surface area contributed by atoms with Crippen molar-refractivity contribution in [3.8, 4) is 0 Å². The summed E-state index contributed by atoms with van der Waals surface area (Å²) in [6.45, 7) is 4.51. The molecular formula is C14H27NO2. The zero-order valence-electron chi connectivity index (χ0n) is 11.3. The van der Waals surface area contributed by atoms with Gasteiger partial charge in [0.25, 0.3) is 0 Å². The Hall–Kier alpha value is -0.570. The van der Waals surface area contributed by atoms with Crippen LogP contribution in [0.2, 0.25) is 0 Å². The summed E-state index contributed by atoms with van der Waals surface area (Å²) >= 11 is 0. The average Bonchev–Trinajstić information content (AvgIpc) is 2.36. The normalized spacial score (nSPS) is 18.9. The van der Waals surface area contributed by atoms with Gasteiger partial charge in [0.05, 0.1) is 6.61 Å². The highest BCUT2D eigenvalue weighted by Crippen LogP contribution is 2.18. The van der Waals surface area contributed by atoms with E-state index in [9.17, 15) is 4.79 Å². The number of nitrogens with one attached hydrogen (secondary N) is 1. The first kappa shape index (κ1) is 14.5. The first-order chi connectivity index (χ1) is 8.27. The predicted octanol–water partition coefficient (Wildman–Crippen LogP) is 3.03. The van der Waals surface area contributed by atoms with Gasteiger partial charge in [0.15, 0.2) is 0 Å². The Morgan fingerprint density at radius 3 is 2.59 bits per heavy atom. The maximum atomic E-state index is 11.8. The minimum Gasteiger partial charge on any atom is -0.465 e. The lowest BCUT2D eigenvalue weighted by atomic mass is 9.94. The Morgan fingerprint density at radius 1 is 1.29 bits per heavy atom. The van der Waals surface area contributed by atoms with Crippen LogP contribution in [0.1, 0.15) is 65.2 Å². The molecule has 0 saturated heterocycles. The van der Waals surface area contributed by atoms with Crippen LogP contribution in [0.4, 0.5) is 0 Å². The molecule has 0 aromatic carbocycles. The Bertz CT molecular complexity index is 212. The molecule has 1 aliphatic carbocycles. The standard InChI is InChI=1S/C14H27NO2/c1-3-5-11-13(14(16)17-4-2)15-12-9-7-6-8-10-12/h12-13,15H,3-11H2,1-2H3. The highest BCUT2D eigenvalue weighted by Gasteiger charge is 2.23. The zero-order chi connectivity index (χ0) is 12.5. The Kier molecular flexibility index (Phi) is 7.25. The van der Waals surface area contributed by atoms with Gasteiger partial charge in [-0.1, -0.05) is 39.0 Å². The summed E-state index contributed by atoms with van der Waals surface area (Å²) in [5.74, 6) is -0.0634. The number of hydrogen-bond acceptors (Lipinski definition) is 3. The van der Waals surface area contributed by atoms with Crippen molar-refractivity contribution >= 4 is 5.97 Å². The molecule has 0 heterocycles. The van der Waals surface area contributed by atoms with Crippen molar-refractivity contribution in [2.45, 2.75) is 77.3 Å². The molecule has 0 spiro atoms. The fourth-order valence-corrected chi connectivity index (χ4v) is 2.47. The van der Waals surface area contributed by atoms with Crippen molar-refractivity contribution in [1.82, 2.24) is 5.32 Å². The first-order valence-corrected chi connectivity index (χ1v) is 7.20. The second-order valence-corrected chi connectivity index (χ2v) is 4.95. The third-order valence-electron chi connectivity index (χ3n) is 3.46. The number of carbonyl (C=O) groups excluding carboxylic acids is 1. The van der Waals surface area contributed by atoms with Crippen LogP contribution in [0.5, 0.6) is 0 Å². The fraction of sp³-hybridized carbons (Fsp3) is 0.929. The van der Waals surface area contributed by atoms with Crippen molar-refractivity contribution in [3.63, 3.8) is 0 Å². The molecule has 100 valence electrons. The number of unbranched alkanes of at least 4 members (excludes halogenated alkanes) is 1. The number of hydrogen-bond donors (Lipinski definition) is 1. The summed E-state index contributed by atoms with van der Waals surface area (Å²) in [5, 5.41) is 3.50. The molecule has 1 saturated carbocycles. The van der Waals surface area contributed by atoms with E-state index in [1.807, 2.05) is 6.92 Å². The molecule has 1 N–H and O–H groups in total. The van der Waals surface area contributed by atoms with E-state index in [2.05, 4.69) is 12.2 Å². The van der Waals surface area contributed by atoms with E-state index >= 15 is 0 Å². The van der Waals surface area contributed by atoms with Gasteiger partial charge in [-0.25, -0.2) is 0 Å². The summed E-state index contributed by atoms with van der Waals surface area (Å²) in [5.41, 5.74) is 0. The molecule has 1 fully saturated rings. The summed E-state index contributed by atoms with van der Waals surface area (Å²) in [4.78, 5) is 11.8. The Balaban J connectivity index is 2.40. The predicted molar refractivity (Wildman–Crippen MR) is 70.0 cm³/mol. The van der Waals surface area contributed by atoms with Crippen LogP contribution in [0.15, 0.2) is 0 Å². The topological polar surface area (TPSA) is 38.3 Å². The van der Waals surface area contributed by atoms with Gasteiger partial charge in [0.2, 0.25) is 0 Å². The zero-order valence-corrected chi connectivity index (χ0v) is 11.3. The van der Waals surface area contributed by atoms with E-state index in [1.54, 1.807) is 0 Å². The van der Waals surface area contributed by atoms with Gasteiger partial charge in [-0.3, -0.25) is 4.79 Å². The Morgan fingerprint density at radius 2 is 2.00 bits per heavy atom. The monoisotopic (exact) mass is 241 g/mol. The summed E-state index contributed by atoms with van der Waals surface area (Å²) in [7, 11) is 0. The minimum atomic E-state index is -0.0852. The third-order valence-corrected chi connectivity index (χ3v) is 3.46. The summed E-state index contributed by atoms with van der Waals surface area (Å²) in [6, 6.07) is 0.438. The van der Waals surface area contributed by atoms with Crippen LogP contribution in [-0.2, 0) is 9.53 Å². The van der Waals surface area contributed by atoms with Crippen LogP contribution in [0.25, 0.3) is 0 Å². The molecule has 1 rings (SSSR count). The number of carbonyl (C=O) groups is 1. The van der Waals surface area contributed by atoms with Crippen LogP contribution in [-0.4, -0.2) is 24.7 Å². The van der Waals surface area contributed by atoms with E-state index in [0.717, 1.165) is 19.3 Å². The smallest absolute Gasteiger partial charge is 0.323 e. The molecular weight excluding hydrogens is 214 g/mol. The summed E-state index contributed by atoms with van der Waals surface area (Å²) < 4.78 is 5.14. The van der Waals surface area contributed by atoms with Gasteiger partial charge >= 0.3 is 5.97 Å². The van der Waals surface area contributed by atoms with Gasteiger partial charge in [-0.05, 0) is 26.2 Å². The van der Waals surface area contributed by atoms with Crippen molar-refractivity contribution in [1.29, 1.82) is 0 Å². The third kappa shape index (κ3) is 5.53. The largest absolute Gasteiger partial charge is 0.465 e. The molecule has 3 heteroatoms. The minimum absolute atomic E-state index is 0.0634. The van der Waals surface area contributed by atoms with Gasteiger partial charge < -0.3 is 10.1 Å². The van der Waals surface area contributed by atoms with Gasteiger partial charge in [-0.2, -0.15) is 0 Å². The molecule has 17 heavy (non-hydrogen) atoms. The highest BCUT2D eigenvalue weighted by molar-refractivity contribution is 5.75. The lowest BCUT2D eigenvalue weighted by Gasteiger charge is -2.27. The first-order valence-electron chi connectivity index (χ1n) is 7.20. The molecule has 1 aliphatic rings. The van der Waals surface area contributed by atoms with E-state index in [0.29, 0.717) is 12.6 Å². The lowest BCUT2D eigenvalue weighted by molar-refractivity contribution is -0.146. The van der Waals surface area contributed by atoms with Crippen molar-refractivity contribution < 1.29 is 9.53 Å².